The van der Waals surface area contributed by atoms with E-state index in [0.29, 0.717) is 5.71 Å². The third kappa shape index (κ3) is 4.10. The summed E-state index contributed by atoms with van der Waals surface area (Å²) in [5, 5.41) is 9.08. The maximum atomic E-state index is 11.1. The molecule has 7 nitrogen and oxygen atoms in total. The first-order chi connectivity index (χ1) is 8.32. The smallest absolute Gasteiger partial charge is 0.314 e. The molecule has 0 fully saturated rings. The van der Waals surface area contributed by atoms with Crippen molar-refractivity contribution in [2.24, 2.45) is 10.9 Å². The van der Waals surface area contributed by atoms with Crippen LogP contribution in [-0.2, 0) is 23.9 Å². The molecule has 0 aliphatic carbocycles. The fraction of sp³-hybridized carbons (Fsp3) is 0.600. The summed E-state index contributed by atoms with van der Waals surface area (Å²) in [5.74, 6) is -3.62. The van der Waals surface area contributed by atoms with Gasteiger partial charge in [0.2, 0.25) is 0 Å². The minimum Gasteiger partial charge on any atom is -0.481 e. The summed E-state index contributed by atoms with van der Waals surface area (Å²) in [4.78, 5) is 36.4. The lowest BCUT2D eigenvalue weighted by molar-refractivity contribution is -0.157. The van der Waals surface area contributed by atoms with Crippen molar-refractivity contribution >= 4 is 39.5 Å². The topological polar surface area (TPSA) is 102 Å². The molecule has 1 N–H and O–H groups in total. The summed E-state index contributed by atoms with van der Waals surface area (Å²) in [6.07, 6.45) is -1.02. The van der Waals surface area contributed by atoms with Crippen molar-refractivity contribution in [3.8, 4) is 0 Å². The number of hydrogen-bond acceptors (Lipinski definition) is 6. The van der Waals surface area contributed by atoms with Crippen LogP contribution in [0.2, 0.25) is 0 Å². The molecule has 0 saturated carbocycles. The molecule has 0 aromatic heterocycles. The van der Waals surface area contributed by atoms with Gasteiger partial charge < -0.3 is 14.6 Å². The monoisotopic (exact) mass is 321 g/mol. The number of aliphatic imine (C=N–C) groups is 1. The molecule has 100 valence electrons. The van der Waals surface area contributed by atoms with E-state index in [2.05, 4.69) is 25.7 Å². The van der Waals surface area contributed by atoms with Gasteiger partial charge in [0, 0.05) is 13.8 Å². The van der Waals surface area contributed by atoms with Crippen molar-refractivity contribution in [1.82, 2.24) is 0 Å². The highest BCUT2D eigenvalue weighted by Crippen LogP contribution is 2.27. The van der Waals surface area contributed by atoms with Gasteiger partial charge in [-0.1, -0.05) is 15.9 Å². The highest BCUT2D eigenvalue weighted by atomic mass is 79.9. The molecule has 0 amide bonds. The van der Waals surface area contributed by atoms with Crippen LogP contribution in [0.5, 0.6) is 0 Å². The summed E-state index contributed by atoms with van der Waals surface area (Å²) >= 11 is 3.14. The van der Waals surface area contributed by atoms with Gasteiger partial charge in [0.15, 0.2) is 6.10 Å². The predicted octanol–water partition coefficient (Wildman–Crippen LogP) is 0.358. The van der Waals surface area contributed by atoms with Crippen LogP contribution >= 0.6 is 15.9 Å². The lowest BCUT2D eigenvalue weighted by Gasteiger charge is -2.20. The summed E-state index contributed by atoms with van der Waals surface area (Å²) < 4.78 is 9.59. The predicted molar refractivity (Wildman–Crippen MR) is 63.5 cm³/mol. The Labute approximate surface area is 111 Å². The summed E-state index contributed by atoms with van der Waals surface area (Å²) in [6, 6.07) is 0. The highest BCUT2D eigenvalue weighted by molar-refractivity contribution is 9.10. The Morgan fingerprint density at radius 3 is 2.28 bits per heavy atom. The minimum atomic E-state index is -1.23. The average molecular weight is 322 g/mol. The maximum Gasteiger partial charge on any atom is 0.314 e. The SMILES string of the molecule is CC(=O)OC[C@@H](C(=O)O)[C@@H](OC(C)=O)C1=NC1Br. The Hall–Kier alpha value is -1.44. The van der Waals surface area contributed by atoms with Gasteiger partial charge in [-0.2, -0.15) is 0 Å². The van der Waals surface area contributed by atoms with Crippen LogP contribution in [-0.4, -0.2) is 46.4 Å². The second kappa shape index (κ2) is 5.94. The first kappa shape index (κ1) is 14.6. The average Bonchev–Trinajstić information content (AvgIpc) is 2.92. The molecule has 0 radical (unpaired) electrons. The number of carboxylic acids is 1. The Balaban J connectivity index is 2.77. The van der Waals surface area contributed by atoms with Gasteiger partial charge in [-0.25, -0.2) is 0 Å². The molecule has 0 aromatic carbocycles. The standard InChI is InChI=1S/C10H12BrNO6/c1-4(13)17-3-6(10(15)16)8(18-5(2)14)7-9(11)12-7/h6,8-9H,3H2,1-2H3,(H,15,16)/t6-,8-,9?/m1/s1. The third-order valence-electron chi connectivity index (χ3n) is 2.17. The van der Waals surface area contributed by atoms with E-state index in [9.17, 15) is 14.4 Å². The zero-order valence-corrected chi connectivity index (χ0v) is 11.3. The minimum absolute atomic E-state index is 0.318. The fourth-order valence-electron chi connectivity index (χ4n) is 1.33. The van der Waals surface area contributed by atoms with Crippen LogP contribution in [0.3, 0.4) is 0 Å². The normalized spacial score (nSPS) is 20.4. The van der Waals surface area contributed by atoms with E-state index < -0.39 is 29.9 Å². The third-order valence-corrected chi connectivity index (χ3v) is 2.85. The number of halogens is 1. The maximum absolute atomic E-state index is 11.1. The van der Waals surface area contributed by atoms with Gasteiger partial charge in [0.25, 0.3) is 0 Å². The van der Waals surface area contributed by atoms with E-state index in [1.54, 1.807) is 0 Å². The van der Waals surface area contributed by atoms with Crippen LogP contribution in [0.1, 0.15) is 13.8 Å². The molecule has 1 aliphatic heterocycles. The second-order valence-corrected chi connectivity index (χ2v) is 4.53. The Morgan fingerprint density at radius 2 is 1.94 bits per heavy atom. The van der Waals surface area contributed by atoms with E-state index in [-0.39, 0.29) is 11.6 Å². The molecule has 0 bridgehead atoms. The number of aliphatic carboxylic acids is 1. The van der Waals surface area contributed by atoms with Crippen molar-refractivity contribution in [1.29, 1.82) is 0 Å². The molecule has 3 atom stereocenters. The van der Waals surface area contributed by atoms with Crippen molar-refractivity contribution in [2.75, 3.05) is 6.61 Å². The van der Waals surface area contributed by atoms with Crippen molar-refractivity contribution in [3.63, 3.8) is 0 Å². The van der Waals surface area contributed by atoms with Gasteiger partial charge in [-0.3, -0.25) is 19.4 Å². The summed E-state index contributed by atoms with van der Waals surface area (Å²) in [5.41, 5.74) is 0.421. The Kier molecular flexibility index (Phi) is 4.83. The van der Waals surface area contributed by atoms with Crippen LogP contribution < -0.4 is 0 Å². The lowest BCUT2D eigenvalue weighted by Crippen LogP contribution is -2.39. The van der Waals surface area contributed by atoms with Crippen molar-refractivity contribution in [2.45, 2.75) is 24.9 Å². The molecule has 0 saturated heterocycles. The summed E-state index contributed by atoms with van der Waals surface area (Å²) in [6.45, 7) is 1.97. The molecule has 0 aromatic rings. The van der Waals surface area contributed by atoms with E-state index in [4.69, 9.17) is 9.84 Å². The van der Waals surface area contributed by atoms with Gasteiger partial charge in [0.05, 0.1) is 5.71 Å². The number of ether oxygens (including phenoxy) is 2. The van der Waals surface area contributed by atoms with Gasteiger partial charge in [-0.05, 0) is 0 Å². The number of carboxylic acid groups (broad SMARTS) is 1. The molecule has 1 aliphatic rings. The zero-order chi connectivity index (χ0) is 13.9. The van der Waals surface area contributed by atoms with E-state index >= 15 is 0 Å². The summed E-state index contributed by atoms with van der Waals surface area (Å²) in [7, 11) is 0. The second-order valence-electron chi connectivity index (χ2n) is 3.67. The Bertz CT molecular complexity index is 407. The van der Waals surface area contributed by atoms with Crippen LogP contribution in [0.4, 0.5) is 0 Å². The van der Waals surface area contributed by atoms with Gasteiger partial charge >= 0.3 is 17.9 Å². The lowest BCUT2D eigenvalue weighted by atomic mass is 10.0. The number of nitrogens with zero attached hydrogens (tertiary/aromatic N) is 1. The van der Waals surface area contributed by atoms with Crippen LogP contribution in [0.25, 0.3) is 0 Å². The van der Waals surface area contributed by atoms with Gasteiger partial charge in [0.1, 0.15) is 17.5 Å². The Morgan fingerprint density at radius 1 is 1.39 bits per heavy atom. The van der Waals surface area contributed by atoms with Crippen molar-refractivity contribution in [3.05, 3.63) is 0 Å². The van der Waals surface area contributed by atoms with Gasteiger partial charge in [-0.15, -0.1) is 0 Å². The fourth-order valence-corrected chi connectivity index (χ4v) is 1.82. The molecule has 8 heteroatoms. The first-order valence-corrected chi connectivity index (χ1v) is 5.99. The number of carbonyl (C=O) groups is 3. The molecular weight excluding hydrogens is 310 g/mol. The largest absolute Gasteiger partial charge is 0.481 e. The molecule has 1 heterocycles. The molecule has 1 rings (SSSR count). The highest BCUT2D eigenvalue weighted by Gasteiger charge is 2.43. The van der Waals surface area contributed by atoms with E-state index in [0.717, 1.165) is 0 Å². The van der Waals surface area contributed by atoms with Crippen LogP contribution in [0.15, 0.2) is 4.99 Å². The van der Waals surface area contributed by atoms with E-state index in [1.165, 1.54) is 13.8 Å². The number of carbonyl (C=O) groups excluding carboxylic acids is 2. The quantitative estimate of drug-likeness (QED) is 0.430. The van der Waals surface area contributed by atoms with Crippen LogP contribution in [0, 0.1) is 5.92 Å². The number of rotatable bonds is 6. The van der Waals surface area contributed by atoms with E-state index in [1.807, 2.05) is 0 Å². The molecule has 0 spiro atoms. The van der Waals surface area contributed by atoms with Crippen molar-refractivity contribution < 1.29 is 29.0 Å². The molecular formula is C10H12BrNO6. The zero-order valence-electron chi connectivity index (χ0n) is 9.75. The number of esters is 2. The number of alkyl halides is 1. The molecule has 18 heavy (non-hydrogen) atoms. The first-order valence-electron chi connectivity index (χ1n) is 5.08. The molecule has 1 unspecified atom stereocenters. The number of hydrogen-bond donors (Lipinski definition) is 1.